The number of anilines is 1. The molecule has 5 nitrogen and oxygen atoms in total. The molecule has 6 heteroatoms. The zero-order valence-corrected chi connectivity index (χ0v) is 11.8. The number of hydrogen-bond donors (Lipinski definition) is 2. The van der Waals surface area contributed by atoms with E-state index >= 15 is 0 Å². The summed E-state index contributed by atoms with van der Waals surface area (Å²) in [5, 5.41) is 12.0. The molecule has 0 aliphatic heterocycles. The van der Waals surface area contributed by atoms with Crippen molar-refractivity contribution in [3.05, 3.63) is 40.4 Å². The van der Waals surface area contributed by atoms with Crippen molar-refractivity contribution in [3.63, 3.8) is 0 Å². The number of carbonyl (C=O) groups excluding carboxylic acids is 1. The Kier molecular flexibility index (Phi) is 4.82. The lowest BCUT2D eigenvalue weighted by atomic mass is 10.1. The normalized spacial score (nSPS) is 9.70. The van der Waals surface area contributed by atoms with Crippen molar-refractivity contribution in [1.29, 1.82) is 0 Å². The first-order valence-electron chi connectivity index (χ1n) is 6.15. The van der Waals surface area contributed by atoms with Gasteiger partial charge >= 0.3 is 0 Å². The molecule has 0 bridgehead atoms. The van der Waals surface area contributed by atoms with E-state index in [0.29, 0.717) is 17.2 Å². The van der Waals surface area contributed by atoms with Gasteiger partial charge in [0.05, 0.1) is 6.54 Å². The number of aromatic nitrogens is 2. The summed E-state index contributed by atoms with van der Waals surface area (Å²) in [6.07, 6.45) is 0.803. The Bertz CT molecular complexity index is 669. The van der Waals surface area contributed by atoms with Gasteiger partial charge in [-0.3, -0.25) is 10.1 Å². The molecule has 0 spiro atoms. The van der Waals surface area contributed by atoms with Crippen LogP contribution in [0, 0.1) is 11.8 Å². The topological polar surface area (TPSA) is 80.9 Å². The molecule has 1 aromatic carbocycles. The summed E-state index contributed by atoms with van der Waals surface area (Å²) in [7, 11) is 0. The first-order valence-corrected chi connectivity index (χ1v) is 6.97. The van der Waals surface area contributed by atoms with Crippen molar-refractivity contribution in [1.82, 2.24) is 10.2 Å². The smallest absolute Gasteiger partial charge is 0.257 e. The summed E-state index contributed by atoms with van der Waals surface area (Å²) in [5.41, 5.74) is 6.61. The van der Waals surface area contributed by atoms with E-state index < -0.39 is 0 Å². The largest absolute Gasteiger partial charge is 0.320 e. The highest BCUT2D eigenvalue weighted by atomic mass is 32.1. The van der Waals surface area contributed by atoms with E-state index in [4.69, 9.17) is 5.73 Å². The Balaban J connectivity index is 2.12. The molecule has 1 amide bonds. The van der Waals surface area contributed by atoms with Crippen molar-refractivity contribution in [2.75, 3.05) is 11.9 Å². The number of amides is 1. The average Bonchev–Trinajstić information content (AvgIpc) is 2.93. The number of nitrogens with one attached hydrogen (secondary N) is 1. The number of benzene rings is 1. The van der Waals surface area contributed by atoms with E-state index in [1.807, 2.05) is 13.0 Å². The molecule has 3 N–H and O–H groups in total. The molecule has 0 aliphatic rings. The summed E-state index contributed by atoms with van der Waals surface area (Å²) >= 11 is 1.38. The molecule has 2 rings (SSSR count). The van der Waals surface area contributed by atoms with Gasteiger partial charge in [0.2, 0.25) is 5.13 Å². The number of aryl methyl sites for hydroxylation is 1. The van der Waals surface area contributed by atoms with Gasteiger partial charge in [-0.1, -0.05) is 36.2 Å². The highest BCUT2D eigenvalue weighted by Crippen LogP contribution is 2.16. The van der Waals surface area contributed by atoms with E-state index in [0.717, 1.165) is 17.0 Å². The molecule has 1 aromatic heterocycles. The molecular formula is C14H14N4OS. The monoisotopic (exact) mass is 286 g/mol. The molecule has 2 aromatic rings. The summed E-state index contributed by atoms with van der Waals surface area (Å²) in [6, 6.07) is 7.07. The molecule has 0 aliphatic carbocycles. The quantitative estimate of drug-likeness (QED) is 0.841. The lowest BCUT2D eigenvalue weighted by Gasteiger charge is -2.01. The fourth-order valence-corrected chi connectivity index (χ4v) is 2.18. The standard InChI is InChI=1S/C14H14N4OS/c1-2-12-17-18-14(20-12)16-13(19)11-7-3-5-10(9-11)6-4-8-15/h3,5,7,9H,2,8,15H2,1H3,(H,16,18,19). The van der Waals surface area contributed by atoms with Crippen LogP contribution in [0.1, 0.15) is 27.9 Å². The number of nitrogens with two attached hydrogens (primary N) is 1. The van der Waals surface area contributed by atoms with Gasteiger partial charge in [-0.2, -0.15) is 0 Å². The van der Waals surface area contributed by atoms with E-state index in [1.54, 1.807) is 18.2 Å². The van der Waals surface area contributed by atoms with Gasteiger partial charge in [0, 0.05) is 11.1 Å². The van der Waals surface area contributed by atoms with Crippen LogP contribution in [0.2, 0.25) is 0 Å². The Morgan fingerprint density at radius 2 is 2.30 bits per heavy atom. The maximum Gasteiger partial charge on any atom is 0.257 e. The molecule has 0 fully saturated rings. The fraction of sp³-hybridized carbons (Fsp3) is 0.214. The van der Waals surface area contributed by atoms with Crippen LogP contribution in [0.25, 0.3) is 0 Å². The Hall–Kier alpha value is -2.23. The van der Waals surface area contributed by atoms with Crippen molar-refractivity contribution >= 4 is 22.4 Å². The van der Waals surface area contributed by atoms with E-state index in [-0.39, 0.29) is 5.91 Å². The van der Waals surface area contributed by atoms with Gasteiger partial charge < -0.3 is 5.73 Å². The van der Waals surface area contributed by atoms with Crippen molar-refractivity contribution in [2.45, 2.75) is 13.3 Å². The molecule has 0 atom stereocenters. The zero-order valence-electron chi connectivity index (χ0n) is 11.0. The molecule has 102 valence electrons. The SMILES string of the molecule is CCc1nnc(NC(=O)c2cccc(C#CCN)c2)s1. The summed E-state index contributed by atoms with van der Waals surface area (Å²) in [4.78, 5) is 12.1. The molecule has 0 saturated heterocycles. The lowest BCUT2D eigenvalue weighted by Crippen LogP contribution is -2.11. The van der Waals surface area contributed by atoms with Crippen LogP contribution in [-0.4, -0.2) is 22.6 Å². The molecular weight excluding hydrogens is 272 g/mol. The summed E-state index contributed by atoms with van der Waals surface area (Å²) in [6.45, 7) is 2.28. The first kappa shape index (κ1) is 14.2. The average molecular weight is 286 g/mol. The van der Waals surface area contributed by atoms with Crippen LogP contribution in [0.4, 0.5) is 5.13 Å². The third-order valence-electron chi connectivity index (χ3n) is 2.45. The van der Waals surface area contributed by atoms with Crippen LogP contribution < -0.4 is 11.1 Å². The van der Waals surface area contributed by atoms with Gasteiger partial charge in [0.25, 0.3) is 5.91 Å². The molecule has 0 radical (unpaired) electrons. The van der Waals surface area contributed by atoms with E-state index in [9.17, 15) is 4.79 Å². The second-order valence-corrected chi connectivity index (χ2v) is 4.96. The van der Waals surface area contributed by atoms with Crippen LogP contribution in [0.3, 0.4) is 0 Å². The van der Waals surface area contributed by atoms with Crippen LogP contribution in [-0.2, 0) is 6.42 Å². The number of nitrogens with zero attached hydrogens (tertiary/aromatic N) is 2. The third kappa shape index (κ3) is 3.63. The van der Waals surface area contributed by atoms with Crippen molar-refractivity contribution < 1.29 is 4.79 Å². The third-order valence-corrected chi connectivity index (χ3v) is 3.43. The molecule has 1 heterocycles. The second-order valence-electron chi connectivity index (χ2n) is 3.90. The molecule has 20 heavy (non-hydrogen) atoms. The highest BCUT2D eigenvalue weighted by Gasteiger charge is 2.09. The minimum absolute atomic E-state index is 0.222. The van der Waals surface area contributed by atoms with Gasteiger partial charge in [-0.15, -0.1) is 10.2 Å². The van der Waals surface area contributed by atoms with Crippen LogP contribution >= 0.6 is 11.3 Å². The maximum absolute atomic E-state index is 12.1. The molecule has 0 saturated carbocycles. The predicted octanol–water partition coefficient (Wildman–Crippen LogP) is 1.66. The van der Waals surface area contributed by atoms with E-state index in [2.05, 4.69) is 27.4 Å². The fourth-order valence-electron chi connectivity index (χ4n) is 1.51. The minimum Gasteiger partial charge on any atom is -0.320 e. The van der Waals surface area contributed by atoms with Crippen LogP contribution in [0.5, 0.6) is 0 Å². The summed E-state index contributed by atoms with van der Waals surface area (Å²) < 4.78 is 0. The Morgan fingerprint density at radius 3 is 3.00 bits per heavy atom. The Morgan fingerprint density at radius 1 is 1.45 bits per heavy atom. The highest BCUT2D eigenvalue weighted by molar-refractivity contribution is 7.15. The summed E-state index contributed by atoms with van der Waals surface area (Å²) in [5.74, 6) is 5.43. The van der Waals surface area contributed by atoms with Gasteiger partial charge in [0.15, 0.2) is 0 Å². The van der Waals surface area contributed by atoms with Crippen molar-refractivity contribution in [3.8, 4) is 11.8 Å². The van der Waals surface area contributed by atoms with Gasteiger partial charge in [-0.05, 0) is 24.6 Å². The van der Waals surface area contributed by atoms with E-state index in [1.165, 1.54) is 11.3 Å². The second kappa shape index (κ2) is 6.80. The minimum atomic E-state index is -0.222. The van der Waals surface area contributed by atoms with Gasteiger partial charge in [-0.25, -0.2) is 0 Å². The number of hydrogen-bond acceptors (Lipinski definition) is 5. The maximum atomic E-state index is 12.1. The number of carbonyl (C=O) groups is 1. The zero-order chi connectivity index (χ0) is 14.4. The lowest BCUT2D eigenvalue weighted by molar-refractivity contribution is 0.102. The predicted molar refractivity (Wildman–Crippen MR) is 79.6 cm³/mol. The van der Waals surface area contributed by atoms with Crippen LogP contribution in [0.15, 0.2) is 24.3 Å². The first-order chi connectivity index (χ1) is 9.72. The number of rotatable bonds is 3. The Labute approximate surface area is 121 Å². The molecule has 0 unspecified atom stereocenters. The van der Waals surface area contributed by atoms with Crippen molar-refractivity contribution in [2.24, 2.45) is 5.73 Å². The van der Waals surface area contributed by atoms with Gasteiger partial charge in [0.1, 0.15) is 5.01 Å².